The van der Waals surface area contributed by atoms with Crippen LogP contribution >= 0.6 is 0 Å². The van der Waals surface area contributed by atoms with Crippen molar-refractivity contribution in [3.05, 3.63) is 60.3 Å². The minimum Gasteiger partial charge on any atom is -0.377 e. The van der Waals surface area contributed by atoms with Crippen molar-refractivity contribution in [1.82, 2.24) is 39.3 Å². The number of hydrogen-bond acceptors (Lipinski definition) is 7. The molecule has 0 radical (unpaired) electrons. The highest BCUT2D eigenvalue weighted by atomic mass is 19.1. The van der Waals surface area contributed by atoms with Crippen LogP contribution in [-0.4, -0.2) is 73.6 Å². The van der Waals surface area contributed by atoms with Gasteiger partial charge in [-0.25, -0.2) is 18.9 Å². The van der Waals surface area contributed by atoms with E-state index in [4.69, 9.17) is 0 Å². The molecule has 5 rings (SSSR count). The molecular formula is C23H26FN9. The van der Waals surface area contributed by atoms with Gasteiger partial charge in [-0.15, -0.1) is 0 Å². The standard InChI is InChI=1S/C23H26FN9/c1-31(2)7-8-32(3)17-6-4-5-16(10-17)29-23-26-12-19-18(11-25-21(19)30-23)15-9-20(24)22-27-14-28-33(22)13-15/h5,9-14H,4,6-8H2,1-3H3,(H2,25,26,29,30). The van der Waals surface area contributed by atoms with Crippen LogP contribution in [-0.2, 0) is 0 Å². The Balaban J connectivity index is 1.37. The van der Waals surface area contributed by atoms with Gasteiger partial charge in [-0.05, 0) is 39.1 Å². The molecule has 0 amide bonds. The van der Waals surface area contributed by atoms with Gasteiger partial charge in [0.1, 0.15) is 12.0 Å². The zero-order valence-electron chi connectivity index (χ0n) is 18.9. The summed E-state index contributed by atoms with van der Waals surface area (Å²) in [7, 11) is 6.29. The monoisotopic (exact) mass is 447 g/mol. The molecule has 10 heteroatoms. The fourth-order valence-corrected chi connectivity index (χ4v) is 3.94. The van der Waals surface area contributed by atoms with Gasteiger partial charge in [0.2, 0.25) is 5.95 Å². The maximum absolute atomic E-state index is 14.4. The van der Waals surface area contributed by atoms with Crippen molar-refractivity contribution in [3.63, 3.8) is 0 Å². The molecule has 0 fully saturated rings. The number of nitrogens with one attached hydrogen (secondary N) is 2. The normalized spacial score (nSPS) is 14.1. The predicted octanol–water partition coefficient (Wildman–Crippen LogP) is 3.27. The van der Waals surface area contributed by atoms with E-state index in [0.717, 1.165) is 42.6 Å². The molecule has 0 atom stereocenters. The summed E-state index contributed by atoms with van der Waals surface area (Å²) in [4.78, 5) is 20.7. The number of rotatable bonds is 7. The summed E-state index contributed by atoms with van der Waals surface area (Å²) in [5, 5.41) is 8.17. The third-order valence-electron chi connectivity index (χ3n) is 5.79. The van der Waals surface area contributed by atoms with Gasteiger partial charge in [0.15, 0.2) is 11.5 Å². The number of likely N-dealkylation sites (N-methyl/N-ethyl adjacent to an activating group) is 2. The lowest BCUT2D eigenvalue weighted by molar-refractivity contribution is 0.319. The molecule has 0 aliphatic heterocycles. The van der Waals surface area contributed by atoms with E-state index in [9.17, 15) is 4.39 Å². The molecule has 4 heterocycles. The van der Waals surface area contributed by atoms with Crippen molar-refractivity contribution >= 4 is 22.6 Å². The number of fused-ring (bicyclic) bond motifs is 2. The van der Waals surface area contributed by atoms with Crippen LogP contribution in [0.4, 0.5) is 10.3 Å². The fraction of sp³-hybridized carbons (Fsp3) is 0.304. The average molecular weight is 448 g/mol. The van der Waals surface area contributed by atoms with Crippen LogP contribution in [0.3, 0.4) is 0 Å². The molecule has 2 N–H and O–H groups in total. The third kappa shape index (κ3) is 4.29. The number of aromatic nitrogens is 6. The van der Waals surface area contributed by atoms with Crippen molar-refractivity contribution in [1.29, 1.82) is 0 Å². The number of pyridine rings is 1. The molecule has 0 saturated heterocycles. The first-order valence-electron chi connectivity index (χ1n) is 10.8. The molecule has 9 nitrogen and oxygen atoms in total. The molecule has 0 unspecified atom stereocenters. The maximum atomic E-state index is 14.4. The van der Waals surface area contributed by atoms with Crippen LogP contribution in [0.25, 0.3) is 27.8 Å². The van der Waals surface area contributed by atoms with Crippen molar-refractivity contribution < 1.29 is 4.39 Å². The molecule has 0 bridgehead atoms. The van der Waals surface area contributed by atoms with Gasteiger partial charge >= 0.3 is 0 Å². The second-order valence-corrected chi connectivity index (χ2v) is 8.45. The Hall–Kier alpha value is -3.79. The van der Waals surface area contributed by atoms with Crippen molar-refractivity contribution in [3.8, 4) is 11.1 Å². The number of H-pyrrole nitrogens is 1. The fourth-order valence-electron chi connectivity index (χ4n) is 3.94. The van der Waals surface area contributed by atoms with E-state index in [2.05, 4.69) is 73.4 Å². The van der Waals surface area contributed by atoms with Crippen LogP contribution in [0, 0.1) is 5.82 Å². The lowest BCUT2D eigenvalue weighted by Crippen LogP contribution is -2.29. The molecule has 1 aliphatic rings. The average Bonchev–Trinajstić information content (AvgIpc) is 3.44. The SMILES string of the molecule is CN(C)CCN(C)C1=CC(Nc2ncc3c(-c4cc(F)c5ncnn5c4)c[nH]c3n2)=CCC1. The molecule has 0 spiro atoms. The van der Waals surface area contributed by atoms with Gasteiger partial charge in [0, 0.05) is 66.6 Å². The Labute approximate surface area is 190 Å². The second-order valence-electron chi connectivity index (χ2n) is 8.45. The van der Waals surface area contributed by atoms with Crippen molar-refractivity contribution in [2.24, 2.45) is 0 Å². The van der Waals surface area contributed by atoms with Crippen molar-refractivity contribution in [2.45, 2.75) is 12.8 Å². The van der Waals surface area contributed by atoms with Gasteiger partial charge < -0.3 is 20.1 Å². The minimum absolute atomic E-state index is 0.196. The molecule has 0 saturated carbocycles. The van der Waals surface area contributed by atoms with E-state index in [1.165, 1.54) is 22.6 Å². The zero-order chi connectivity index (χ0) is 22.9. The number of nitrogens with zero attached hydrogens (tertiary/aromatic N) is 7. The first-order valence-corrected chi connectivity index (χ1v) is 10.8. The summed E-state index contributed by atoms with van der Waals surface area (Å²) in [6.07, 6.45) is 12.9. The Morgan fingerprint density at radius 1 is 1.21 bits per heavy atom. The van der Waals surface area contributed by atoms with Crippen LogP contribution in [0.5, 0.6) is 0 Å². The largest absolute Gasteiger partial charge is 0.377 e. The Kier molecular flexibility index (Phi) is 5.51. The lowest BCUT2D eigenvalue weighted by Gasteiger charge is -2.26. The van der Waals surface area contributed by atoms with Gasteiger partial charge in [-0.1, -0.05) is 6.08 Å². The van der Waals surface area contributed by atoms with Gasteiger partial charge in [-0.3, -0.25) is 0 Å². The van der Waals surface area contributed by atoms with E-state index >= 15 is 0 Å². The van der Waals surface area contributed by atoms with Crippen LogP contribution in [0.15, 0.2) is 54.5 Å². The van der Waals surface area contributed by atoms with Gasteiger partial charge in [-0.2, -0.15) is 10.1 Å². The molecule has 4 aromatic heterocycles. The van der Waals surface area contributed by atoms with Crippen LogP contribution in [0.2, 0.25) is 0 Å². The van der Waals surface area contributed by atoms with Crippen LogP contribution < -0.4 is 5.32 Å². The Morgan fingerprint density at radius 2 is 2.09 bits per heavy atom. The highest BCUT2D eigenvalue weighted by molar-refractivity contribution is 5.93. The summed E-state index contributed by atoms with van der Waals surface area (Å²) < 4.78 is 15.8. The van der Waals surface area contributed by atoms with Gasteiger partial charge in [0.05, 0.1) is 0 Å². The third-order valence-corrected chi connectivity index (χ3v) is 5.79. The number of aromatic amines is 1. The molecular weight excluding hydrogens is 421 g/mol. The van der Waals surface area contributed by atoms with E-state index < -0.39 is 5.82 Å². The van der Waals surface area contributed by atoms with E-state index in [0.29, 0.717) is 17.2 Å². The number of halogens is 1. The highest BCUT2D eigenvalue weighted by Gasteiger charge is 2.14. The quantitative estimate of drug-likeness (QED) is 0.449. The summed E-state index contributed by atoms with van der Waals surface area (Å²) >= 11 is 0. The number of allylic oxidation sites excluding steroid dienone is 3. The van der Waals surface area contributed by atoms with Crippen LogP contribution in [0.1, 0.15) is 12.8 Å². The maximum Gasteiger partial charge on any atom is 0.229 e. The summed E-state index contributed by atoms with van der Waals surface area (Å²) in [6, 6.07) is 1.45. The van der Waals surface area contributed by atoms with E-state index in [1.807, 2.05) is 0 Å². The Morgan fingerprint density at radius 3 is 2.94 bits per heavy atom. The van der Waals surface area contributed by atoms with E-state index in [-0.39, 0.29) is 5.65 Å². The highest BCUT2D eigenvalue weighted by Crippen LogP contribution is 2.29. The smallest absolute Gasteiger partial charge is 0.229 e. The summed E-state index contributed by atoms with van der Waals surface area (Å²) in [5.41, 5.74) is 4.61. The molecule has 4 aromatic rings. The molecule has 33 heavy (non-hydrogen) atoms. The summed E-state index contributed by atoms with van der Waals surface area (Å²) in [6.45, 7) is 1.98. The topological polar surface area (TPSA) is 90.3 Å². The molecule has 170 valence electrons. The minimum atomic E-state index is -0.430. The first-order chi connectivity index (χ1) is 16.0. The molecule has 1 aliphatic carbocycles. The predicted molar refractivity (Wildman–Crippen MR) is 126 cm³/mol. The first kappa shape index (κ1) is 21.1. The second kappa shape index (κ2) is 8.62. The number of anilines is 1. The van der Waals surface area contributed by atoms with Gasteiger partial charge in [0.25, 0.3) is 0 Å². The zero-order valence-corrected chi connectivity index (χ0v) is 18.9. The summed E-state index contributed by atoms with van der Waals surface area (Å²) in [5.74, 6) is 0.0782. The lowest BCUT2D eigenvalue weighted by atomic mass is 10.1. The van der Waals surface area contributed by atoms with Crippen molar-refractivity contribution in [2.75, 3.05) is 39.5 Å². The number of hydrogen-bond donors (Lipinski definition) is 2. The van der Waals surface area contributed by atoms with E-state index in [1.54, 1.807) is 18.6 Å². The Bertz CT molecular complexity index is 1370. The molecule has 0 aromatic carbocycles.